The van der Waals surface area contributed by atoms with Crippen molar-refractivity contribution in [2.45, 2.75) is 6.92 Å². The second-order valence-electron chi connectivity index (χ2n) is 4.60. The summed E-state index contributed by atoms with van der Waals surface area (Å²) in [5.74, 6) is 1.79. The maximum atomic E-state index is 9.75. The van der Waals surface area contributed by atoms with Gasteiger partial charge >= 0.3 is 0 Å². The normalized spacial score (nSPS) is 10.6. The van der Waals surface area contributed by atoms with Crippen molar-refractivity contribution in [1.82, 2.24) is 10.1 Å². The van der Waals surface area contributed by atoms with Crippen LogP contribution in [0.15, 0.2) is 47.0 Å². The molecule has 106 valence electrons. The van der Waals surface area contributed by atoms with E-state index in [0.717, 1.165) is 16.9 Å². The maximum absolute atomic E-state index is 9.75. The summed E-state index contributed by atoms with van der Waals surface area (Å²) in [7, 11) is 1.61. The molecule has 2 aromatic carbocycles. The Morgan fingerprint density at radius 3 is 2.76 bits per heavy atom. The molecule has 1 heterocycles. The quantitative estimate of drug-likeness (QED) is 0.797. The van der Waals surface area contributed by atoms with E-state index in [9.17, 15) is 5.11 Å². The molecule has 0 aliphatic rings. The molecule has 0 amide bonds. The molecule has 3 aromatic rings. The van der Waals surface area contributed by atoms with Crippen LogP contribution in [-0.4, -0.2) is 22.4 Å². The van der Waals surface area contributed by atoms with Gasteiger partial charge in [0.05, 0.1) is 7.11 Å². The minimum absolute atomic E-state index is 0.202. The highest BCUT2D eigenvalue weighted by Crippen LogP contribution is 2.30. The molecule has 0 aliphatic heterocycles. The van der Waals surface area contributed by atoms with E-state index in [1.165, 1.54) is 0 Å². The molecular formula is C16H14N2O3. The Morgan fingerprint density at radius 1 is 1.14 bits per heavy atom. The molecular weight excluding hydrogens is 268 g/mol. The average molecular weight is 282 g/mol. The smallest absolute Gasteiger partial charge is 0.258 e. The molecule has 0 bridgehead atoms. The highest BCUT2D eigenvalue weighted by Gasteiger charge is 2.14. The number of methoxy groups -OCH3 is 1. The van der Waals surface area contributed by atoms with Crippen molar-refractivity contribution in [2.75, 3.05) is 7.11 Å². The molecule has 0 aliphatic carbocycles. The maximum Gasteiger partial charge on any atom is 0.258 e. The van der Waals surface area contributed by atoms with Crippen LogP contribution in [-0.2, 0) is 0 Å². The number of nitrogens with zero attached hydrogens (tertiary/aromatic N) is 2. The molecule has 0 atom stereocenters. The lowest BCUT2D eigenvalue weighted by Gasteiger charge is -2.02. The van der Waals surface area contributed by atoms with Crippen LogP contribution in [0.25, 0.3) is 22.8 Å². The highest BCUT2D eigenvalue weighted by atomic mass is 16.5. The van der Waals surface area contributed by atoms with Crippen molar-refractivity contribution in [1.29, 1.82) is 0 Å². The van der Waals surface area contributed by atoms with Gasteiger partial charge in [0, 0.05) is 16.7 Å². The number of rotatable bonds is 3. The minimum Gasteiger partial charge on any atom is -0.508 e. The van der Waals surface area contributed by atoms with E-state index in [1.807, 2.05) is 30.3 Å². The molecule has 0 unspecified atom stereocenters. The van der Waals surface area contributed by atoms with E-state index in [1.54, 1.807) is 26.2 Å². The number of benzene rings is 2. The van der Waals surface area contributed by atoms with Gasteiger partial charge in [-0.15, -0.1) is 0 Å². The Kier molecular flexibility index (Phi) is 3.31. The molecule has 0 fully saturated rings. The average Bonchev–Trinajstić information content (AvgIpc) is 3.00. The number of aromatic nitrogens is 2. The number of aromatic hydroxyl groups is 1. The van der Waals surface area contributed by atoms with Crippen LogP contribution in [0.2, 0.25) is 0 Å². The number of phenolic OH excluding ortho intramolecular Hbond substituents is 1. The van der Waals surface area contributed by atoms with E-state index in [-0.39, 0.29) is 5.75 Å². The first-order chi connectivity index (χ1) is 10.2. The van der Waals surface area contributed by atoms with Crippen LogP contribution in [0.4, 0.5) is 0 Å². The van der Waals surface area contributed by atoms with Gasteiger partial charge in [-0.05, 0) is 31.2 Å². The van der Waals surface area contributed by atoms with E-state index >= 15 is 0 Å². The third-order valence-electron chi connectivity index (χ3n) is 3.29. The lowest BCUT2D eigenvalue weighted by Crippen LogP contribution is -1.86. The van der Waals surface area contributed by atoms with Gasteiger partial charge in [0.25, 0.3) is 5.89 Å². The van der Waals surface area contributed by atoms with Gasteiger partial charge in [-0.3, -0.25) is 0 Å². The number of ether oxygens (including phenoxy) is 1. The first-order valence-electron chi connectivity index (χ1n) is 6.46. The van der Waals surface area contributed by atoms with Gasteiger partial charge in [-0.25, -0.2) is 0 Å². The standard InChI is InChI=1S/C16H14N2O3/c1-10-13(7-4-8-14(10)19)16-17-15(18-21-16)11-5-3-6-12(9-11)20-2/h3-9,19H,1-2H3. The lowest BCUT2D eigenvalue weighted by molar-refractivity contribution is 0.414. The molecule has 0 spiro atoms. The Hall–Kier alpha value is -2.82. The van der Waals surface area contributed by atoms with Crippen molar-refractivity contribution in [3.05, 3.63) is 48.0 Å². The molecule has 5 heteroatoms. The van der Waals surface area contributed by atoms with Crippen LogP contribution in [0, 0.1) is 6.92 Å². The predicted molar refractivity (Wildman–Crippen MR) is 78.1 cm³/mol. The summed E-state index contributed by atoms with van der Waals surface area (Å²) >= 11 is 0. The summed E-state index contributed by atoms with van der Waals surface area (Å²) in [5.41, 5.74) is 2.23. The van der Waals surface area contributed by atoms with Crippen LogP contribution in [0.5, 0.6) is 11.5 Å². The first kappa shape index (κ1) is 13.2. The predicted octanol–water partition coefficient (Wildman–Crippen LogP) is 3.43. The molecule has 0 radical (unpaired) electrons. The first-order valence-corrected chi connectivity index (χ1v) is 6.46. The summed E-state index contributed by atoms with van der Waals surface area (Å²) in [6, 6.07) is 12.6. The highest BCUT2D eigenvalue weighted by molar-refractivity contribution is 5.65. The third kappa shape index (κ3) is 2.45. The zero-order valence-corrected chi connectivity index (χ0v) is 11.7. The van der Waals surface area contributed by atoms with Gasteiger partial charge in [-0.1, -0.05) is 23.4 Å². The monoisotopic (exact) mass is 282 g/mol. The molecule has 0 saturated carbocycles. The van der Waals surface area contributed by atoms with Crippen molar-refractivity contribution in [2.24, 2.45) is 0 Å². The zero-order chi connectivity index (χ0) is 14.8. The number of hydrogen-bond donors (Lipinski definition) is 1. The van der Waals surface area contributed by atoms with Crippen LogP contribution in [0.3, 0.4) is 0 Å². The molecule has 5 nitrogen and oxygen atoms in total. The fourth-order valence-corrected chi connectivity index (χ4v) is 2.07. The lowest BCUT2D eigenvalue weighted by atomic mass is 10.1. The Labute approximate surface area is 121 Å². The Morgan fingerprint density at radius 2 is 1.95 bits per heavy atom. The van der Waals surface area contributed by atoms with Crippen LogP contribution < -0.4 is 4.74 Å². The number of phenols is 1. The summed E-state index contributed by atoms with van der Waals surface area (Å²) in [6.07, 6.45) is 0. The minimum atomic E-state index is 0.202. The Bertz CT molecular complexity index is 781. The van der Waals surface area contributed by atoms with Gasteiger partial charge in [0.2, 0.25) is 5.82 Å². The van der Waals surface area contributed by atoms with E-state index in [4.69, 9.17) is 9.26 Å². The molecule has 1 aromatic heterocycles. The molecule has 1 N–H and O–H groups in total. The third-order valence-corrected chi connectivity index (χ3v) is 3.29. The van der Waals surface area contributed by atoms with Gasteiger partial charge in [0.15, 0.2) is 0 Å². The zero-order valence-electron chi connectivity index (χ0n) is 11.7. The van der Waals surface area contributed by atoms with Crippen LogP contribution >= 0.6 is 0 Å². The molecule has 3 rings (SSSR count). The SMILES string of the molecule is COc1cccc(-c2noc(-c3cccc(O)c3C)n2)c1. The molecule has 21 heavy (non-hydrogen) atoms. The second kappa shape index (κ2) is 5.28. The summed E-state index contributed by atoms with van der Waals surface area (Å²) in [6.45, 7) is 1.81. The summed E-state index contributed by atoms with van der Waals surface area (Å²) < 4.78 is 10.5. The van der Waals surface area contributed by atoms with Gasteiger partial charge in [0.1, 0.15) is 11.5 Å². The number of hydrogen-bond acceptors (Lipinski definition) is 5. The van der Waals surface area contributed by atoms with Crippen molar-refractivity contribution in [3.63, 3.8) is 0 Å². The molecule has 0 saturated heterocycles. The largest absolute Gasteiger partial charge is 0.508 e. The van der Waals surface area contributed by atoms with Crippen molar-refractivity contribution >= 4 is 0 Å². The van der Waals surface area contributed by atoms with Gasteiger partial charge < -0.3 is 14.4 Å². The summed E-state index contributed by atoms with van der Waals surface area (Å²) in [5, 5.41) is 13.7. The topological polar surface area (TPSA) is 68.4 Å². The fraction of sp³-hybridized carbons (Fsp3) is 0.125. The van der Waals surface area contributed by atoms with Gasteiger partial charge in [-0.2, -0.15) is 4.98 Å². The van der Waals surface area contributed by atoms with E-state index in [0.29, 0.717) is 17.3 Å². The van der Waals surface area contributed by atoms with E-state index in [2.05, 4.69) is 10.1 Å². The van der Waals surface area contributed by atoms with Crippen molar-refractivity contribution < 1.29 is 14.4 Å². The fourth-order valence-electron chi connectivity index (χ4n) is 2.07. The van der Waals surface area contributed by atoms with Crippen LogP contribution in [0.1, 0.15) is 5.56 Å². The Balaban J connectivity index is 2.01. The van der Waals surface area contributed by atoms with Crippen molar-refractivity contribution in [3.8, 4) is 34.3 Å². The second-order valence-corrected chi connectivity index (χ2v) is 4.60. The van der Waals surface area contributed by atoms with E-state index < -0.39 is 0 Å². The summed E-state index contributed by atoms with van der Waals surface area (Å²) in [4.78, 5) is 4.38.